The van der Waals surface area contributed by atoms with Crippen LogP contribution in [0.4, 0.5) is 0 Å². The quantitative estimate of drug-likeness (QED) is 0.804. The summed E-state index contributed by atoms with van der Waals surface area (Å²) in [6.07, 6.45) is -0.420. The van der Waals surface area contributed by atoms with Crippen molar-refractivity contribution >= 4 is 17.2 Å². The Bertz CT molecular complexity index is 377. The van der Waals surface area contributed by atoms with Gasteiger partial charge in [0.2, 0.25) is 5.91 Å². The number of nitrogens with zero attached hydrogens (tertiary/aromatic N) is 1. The smallest absolute Gasteiger partial charge is 0.234 e. The fourth-order valence-corrected chi connectivity index (χ4v) is 2.96. The van der Waals surface area contributed by atoms with Crippen LogP contribution in [0, 0.1) is 5.92 Å². The molecule has 0 aromatic carbocycles. The number of thiophene rings is 1. The number of aliphatic hydroxyl groups excluding tert-OH is 1. The highest BCUT2D eigenvalue weighted by Crippen LogP contribution is 2.25. The molecule has 0 spiro atoms. The Morgan fingerprint density at radius 3 is 2.63 bits per heavy atom. The number of likely N-dealkylation sites (N-methyl/N-ethyl adjacent to an activating group) is 1. The Balaban J connectivity index is 2.53. The molecule has 0 saturated heterocycles. The van der Waals surface area contributed by atoms with Crippen LogP contribution in [0.3, 0.4) is 0 Å². The largest absolute Gasteiger partial charge is 0.392 e. The molecule has 0 aliphatic carbocycles. The van der Waals surface area contributed by atoms with Crippen LogP contribution in [0.15, 0.2) is 17.5 Å². The predicted molar refractivity (Wildman–Crippen MR) is 79.2 cm³/mol. The third-order valence-electron chi connectivity index (χ3n) is 2.82. The third-order valence-corrected chi connectivity index (χ3v) is 3.78. The maximum absolute atomic E-state index is 12.0. The Hall–Kier alpha value is -0.910. The molecular weight excluding hydrogens is 260 g/mol. The van der Waals surface area contributed by atoms with Crippen molar-refractivity contribution in [2.24, 2.45) is 5.92 Å². The highest BCUT2D eigenvalue weighted by Gasteiger charge is 2.19. The van der Waals surface area contributed by atoms with Gasteiger partial charge >= 0.3 is 0 Å². The Morgan fingerprint density at radius 1 is 1.47 bits per heavy atom. The number of rotatable bonds is 7. The highest BCUT2D eigenvalue weighted by atomic mass is 32.1. The van der Waals surface area contributed by atoms with Crippen molar-refractivity contribution in [2.75, 3.05) is 20.1 Å². The van der Waals surface area contributed by atoms with Crippen LogP contribution in [0.5, 0.6) is 0 Å². The topological polar surface area (TPSA) is 52.6 Å². The number of hydrogen-bond donors (Lipinski definition) is 2. The summed E-state index contributed by atoms with van der Waals surface area (Å²) in [5.74, 6) is 0.347. The zero-order valence-corrected chi connectivity index (χ0v) is 12.9. The Kier molecular flexibility index (Phi) is 6.48. The summed E-state index contributed by atoms with van der Waals surface area (Å²) in [5, 5.41) is 14.4. The molecule has 4 nitrogen and oxygen atoms in total. The molecule has 0 aliphatic heterocycles. The first-order valence-corrected chi connectivity index (χ1v) is 7.47. The van der Waals surface area contributed by atoms with Crippen molar-refractivity contribution in [1.82, 2.24) is 10.2 Å². The van der Waals surface area contributed by atoms with E-state index in [1.807, 2.05) is 23.4 Å². The molecule has 0 aliphatic rings. The summed E-state index contributed by atoms with van der Waals surface area (Å²) >= 11 is 1.66. The van der Waals surface area contributed by atoms with E-state index in [-0.39, 0.29) is 11.9 Å². The van der Waals surface area contributed by atoms with Gasteiger partial charge in [0.1, 0.15) is 0 Å². The molecule has 0 radical (unpaired) electrons. The first-order valence-electron chi connectivity index (χ1n) is 6.59. The lowest BCUT2D eigenvalue weighted by Gasteiger charge is -2.23. The molecule has 1 heterocycles. The normalized spacial score (nSPS) is 14.7. The van der Waals surface area contributed by atoms with Gasteiger partial charge in [0.15, 0.2) is 0 Å². The predicted octanol–water partition coefficient (Wildman–Crippen LogP) is 1.87. The Labute approximate surface area is 119 Å². The van der Waals surface area contributed by atoms with E-state index in [1.165, 1.54) is 4.88 Å². The molecule has 19 heavy (non-hydrogen) atoms. The molecule has 1 rings (SSSR count). The first-order chi connectivity index (χ1) is 8.90. The molecule has 1 aromatic heterocycles. The molecule has 0 fully saturated rings. The van der Waals surface area contributed by atoms with Gasteiger partial charge in [0, 0.05) is 11.4 Å². The number of nitrogens with one attached hydrogen (secondary N) is 1. The van der Waals surface area contributed by atoms with E-state index < -0.39 is 6.10 Å². The van der Waals surface area contributed by atoms with E-state index in [0.29, 0.717) is 19.0 Å². The van der Waals surface area contributed by atoms with Crippen molar-refractivity contribution in [2.45, 2.75) is 32.9 Å². The number of amides is 1. The van der Waals surface area contributed by atoms with Crippen LogP contribution in [0.2, 0.25) is 0 Å². The zero-order valence-electron chi connectivity index (χ0n) is 12.1. The molecule has 1 amide bonds. The first kappa shape index (κ1) is 16.1. The molecule has 108 valence electrons. The summed E-state index contributed by atoms with van der Waals surface area (Å²) in [6, 6.07) is 4.11. The minimum atomic E-state index is -0.420. The van der Waals surface area contributed by atoms with Crippen molar-refractivity contribution in [3.63, 3.8) is 0 Å². The fourth-order valence-electron chi connectivity index (χ4n) is 2.01. The molecule has 1 aromatic rings. The van der Waals surface area contributed by atoms with Crippen molar-refractivity contribution in [3.8, 4) is 0 Å². The minimum absolute atomic E-state index is 0.00440. The SMILES string of the molecule is CC(O)CN(C)CC(=O)NC(c1cccs1)C(C)C. The molecule has 2 atom stereocenters. The number of hydrogen-bond acceptors (Lipinski definition) is 4. The number of carbonyl (C=O) groups excluding carboxylic acids is 1. The van der Waals surface area contributed by atoms with Gasteiger partial charge in [-0.3, -0.25) is 9.69 Å². The summed E-state index contributed by atoms with van der Waals surface area (Å²) in [5.41, 5.74) is 0. The third kappa shape index (κ3) is 5.72. The maximum Gasteiger partial charge on any atom is 0.234 e. The number of carbonyl (C=O) groups is 1. The second kappa shape index (κ2) is 7.62. The monoisotopic (exact) mass is 284 g/mol. The van der Waals surface area contributed by atoms with Gasteiger partial charge in [0.05, 0.1) is 18.7 Å². The zero-order chi connectivity index (χ0) is 14.4. The van der Waals surface area contributed by atoms with Crippen LogP contribution >= 0.6 is 11.3 Å². The molecule has 5 heteroatoms. The van der Waals surface area contributed by atoms with Gasteiger partial charge < -0.3 is 10.4 Å². The van der Waals surface area contributed by atoms with Crippen LogP contribution in [0.1, 0.15) is 31.7 Å². The average Bonchev–Trinajstić information content (AvgIpc) is 2.76. The summed E-state index contributed by atoms with van der Waals surface area (Å²) in [7, 11) is 1.84. The lowest BCUT2D eigenvalue weighted by Crippen LogP contribution is -2.40. The van der Waals surface area contributed by atoms with E-state index in [4.69, 9.17) is 0 Å². The van der Waals surface area contributed by atoms with Crippen LogP contribution < -0.4 is 5.32 Å². The molecule has 2 N–H and O–H groups in total. The van der Waals surface area contributed by atoms with Gasteiger partial charge in [-0.2, -0.15) is 0 Å². The lowest BCUT2D eigenvalue weighted by atomic mass is 10.0. The maximum atomic E-state index is 12.0. The molecule has 0 saturated carbocycles. The van der Waals surface area contributed by atoms with Crippen molar-refractivity contribution < 1.29 is 9.90 Å². The average molecular weight is 284 g/mol. The van der Waals surface area contributed by atoms with Gasteiger partial charge in [-0.15, -0.1) is 11.3 Å². The van der Waals surface area contributed by atoms with Crippen LogP contribution in [-0.2, 0) is 4.79 Å². The number of aliphatic hydroxyl groups is 1. The highest BCUT2D eigenvalue weighted by molar-refractivity contribution is 7.10. The minimum Gasteiger partial charge on any atom is -0.392 e. The van der Waals surface area contributed by atoms with Crippen molar-refractivity contribution in [3.05, 3.63) is 22.4 Å². The summed E-state index contributed by atoms with van der Waals surface area (Å²) < 4.78 is 0. The van der Waals surface area contributed by atoms with Gasteiger partial charge in [0.25, 0.3) is 0 Å². The summed E-state index contributed by atoms with van der Waals surface area (Å²) in [4.78, 5) is 15.0. The van der Waals surface area contributed by atoms with E-state index in [2.05, 4.69) is 25.2 Å². The second-order valence-corrected chi connectivity index (χ2v) is 6.33. The second-order valence-electron chi connectivity index (χ2n) is 5.35. The van der Waals surface area contributed by atoms with E-state index in [9.17, 15) is 9.90 Å². The van der Waals surface area contributed by atoms with Crippen LogP contribution in [-0.4, -0.2) is 42.2 Å². The van der Waals surface area contributed by atoms with E-state index >= 15 is 0 Å². The standard InChI is InChI=1S/C14H24N2O2S/c1-10(2)14(12-6-5-7-19-12)15-13(18)9-16(4)8-11(3)17/h5-7,10-11,14,17H,8-9H2,1-4H3,(H,15,18). The fraction of sp³-hybridized carbons (Fsp3) is 0.643. The molecular formula is C14H24N2O2S. The Morgan fingerprint density at radius 2 is 2.16 bits per heavy atom. The van der Waals surface area contributed by atoms with Gasteiger partial charge in [-0.1, -0.05) is 19.9 Å². The lowest BCUT2D eigenvalue weighted by molar-refractivity contribution is -0.123. The van der Waals surface area contributed by atoms with Gasteiger partial charge in [-0.05, 0) is 31.3 Å². The van der Waals surface area contributed by atoms with Gasteiger partial charge in [-0.25, -0.2) is 0 Å². The molecule has 2 unspecified atom stereocenters. The van der Waals surface area contributed by atoms with E-state index in [0.717, 1.165) is 0 Å². The summed E-state index contributed by atoms with van der Waals surface area (Å²) in [6.45, 7) is 6.73. The molecule has 0 bridgehead atoms. The van der Waals surface area contributed by atoms with Crippen molar-refractivity contribution in [1.29, 1.82) is 0 Å². The van der Waals surface area contributed by atoms with E-state index in [1.54, 1.807) is 18.3 Å². The van der Waals surface area contributed by atoms with Crippen LogP contribution in [0.25, 0.3) is 0 Å².